The van der Waals surface area contributed by atoms with Gasteiger partial charge in [0.15, 0.2) is 5.82 Å². The van der Waals surface area contributed by atoms with Crippen LogP contribution in [0.25, 0.3) is 22.6 Å². The third kappa shape index (κ3) is 2.20. The fraction of sp³-hybridized carbons (Fsp3) is 0.167. The molecule has 0 radical (unpaired) electrons. The smallest absolute Gasteiger partial charge is 0.161 e. The van der Waals surface area contributed by atoms with Gasteiger partial charge in [-0.25, -0.2) is 9.97 Å². The summed E-state index contributed by atoms with van der Waals surface area (Å²) in [5.41, 5.74) is 6.01. The second-order valence-corrected chi connectivity index (χ2v) is 6.07. The molecule has 4 rings (SSSR count). The second-order valence-electron chi connectivity index (χ2n) is 5.28. The van der Waals surface area contributed by atoms with Gasteiger partial charge in [-0.2, -0.15) is 0 Å². The average Bonchev–Trinajstić information content (AvgIpc) is 2.61. The molecule has 22 heavy (non-hydrogen) atoms. The van der Waals surface area contributed by atoms with Gasteiger partial charge in [0, 0.05) is 29.1 Å². The molecule has 0 amide bonds. The molecule has 0 N–H and O–H groups in total. The highest BCUT2D eigenvalue weighted by Crippen LogP contribution is 2.37. The number of aromatic nitrogens is 3. The van der Waals surface area contributed by atoms with Crippen molar-refractivity contribution in [3.63, 3.8) is 0 Å². The largest absolute Gasteiger partial charge is 0.265 e. The predicted octanol–water partition coefficient (Wildman–Crippen LogP) is 4.03. The molecule has 0 aliphatic heterocycles. The van der Waals surface area contributed by atoms with Crippen molar-refractivity contribution in [2.45, 2.75) is 17.9 Å². The molecule has 0 spiro atoms. The molecule has 1 aromatic carbocycles. The van der Waals surface area contributed by atoms with Crippen molar-refractivity contribution in [2.75, 3.05) is 6.26 Å². The van der Waals surface area contributed by atoms with E-state index in [4.69, 9.17) is 9.97 Å². The number of fused-ring (bicyclic) bond motifs is 3. The lowest BCUT2D eigenvalue weighted by Crippen LogP contribution is -2.09. The molecule has 108 valence electrons. The Morgan fingerprint density at radius 3 is 2.59 bits per heavy atom. The predicted molar refractivity (Wildman–Crippen MR) is 89.9 cm³/mol. The lowest BCUT2D eigenvalue weighted by atomic mass is 9.90. The van der Waals surface area contributed by atoms with Crippen LogP contribution in [-0.2, 0) is 12.8 Å². The highest BCUT2D eigenvalue weighted by atomic mass is 32.2. The summed E-state index contributed by atoms with van der Waals surface area (Å²) in [5.74, 6) is 0.780. The van der Waals surface area contributed by atoms with Crippen LogP contribution in [0, 0.1) is 0 Å². The zero-order valence-electron chi connectivity index (χ0n) is 12.3. The Hall–Kier alpha value is -2.20. The molecule has 3 aromatic rings. The lowest BCUT2D eigenvalue weighted by molar-refractivity contribution is 0.865. The number of aryl methyl sites for hydroxylation is 1. The van der Waals surface area contributed by atoms with Crippen molar-refractivity contribution in [1.29, 1.82) is 0 Å². The van der Waals surface area contributed by atoms with E-state index in [0.717, 1.165) is 34.9 Å². The Bertz CT molecular complexity index is 831. The van der Waals surface area contributed by atoms with Crippen molar-refractivity contribution in [3.8, 4) is 22.6 Å². The van der Waals surface area contributed by atoms with E-state index in [-0.39, 0.29) is 0 Å². The van der Waals surface area contributed by atoms with Crippen molar-refractivity contribution in [1.82, 2.24) is 15.0 Å². The van der Waals surface area contributed by atoms with Gasteiger partial charge in [0.05, 0.1) is 5.69 Å². The molecule has 0 saturated carbocycles. The van der Waals surface area contributed by atoms with Gasteiger partial charge in [0.25, 0.3) is 0 Å². The van der Waals surface area contributed by atoms with Gasteiger partial charge >= 0.3 is 0 Å². The molecular formula is C18H15N3S. The minimum absolute atomic E-state index is 0.780. The molecule has 0 atom stereocenters. The molecule has 1 aliphatic carbocycles. The Balaban J connectivity index is 1.96. The quantitative estimate of drug-likeness (QED) is 0.529. The third-order valence-electron chi connectivity index (χ3n) is 4.02. The average molecular weight is 305 g/mol. The van der Waals surface area contributed by atoms with Crippen LogP contribution in [0.2, 0.25) is 0 Å². The summed E-state index contributed by atoms with van der Waals surface area (Å²) >= 11 is 1.70. The number of thioether (sulfide) groups is 1. The van der Waals surface area contributed by atoms with Gasteiger partial charge in [-0.3, -0.25) is 4.98 Å². The van der Waals surface area contributed by atoms with Crippen LogP contribution in [0.4, 0.5) is 0 Å². The number of nitrogens with zero attached hydrogens (tertiary/aromatic N) is 3. The topological polar surface area (TPSA) is 38.7 Å². The monoisotopic (exact) mass is 305 g/mol. The lowest BCUT2D eigenvalue weighted by Gasteiger charge is -2.21. The Morgan fingerprint density at radius 2 is 1.77 bits per heavy atom. The summed E-state index contributed by atoms with van der Waals surface area (Å²) in [6, 6.07) is 12.5. The molecule has 3 nitrogen and oxygen atoms in total. The minimum atomic E-state index is 0.780. The molecule has 4 heteroatoms. The molecule has 0 fully saturated rings. The maximum Gasteiger partial charge on any atom is 0.161 e. The van der Waals surface area contributed by atoms with Gasteiger partial charge in [-0.15, -0.1) is 11.8 Å². The normalized spacial score (nSPS) is 12.6. The van der Waals surface area contributed by atoms with Crippen LogP contribution < -0.4 is 0 Å². The molecule has 2 heterocycles. The summed E-state index contributed by atoms with van der Waals surface area (Å²) in [6.07, 6.45) is 7.73. The highest BCUT2D eigenvalue weighted by molar-refractivity contribution is 7.98. The van der Waals surface area contributed by atoms with Crippen LogP contribution in [-0.4, -0.2) is 21.2 Å². The Kier molecular flexibility index (Phi) is 3.39. The molecule has 0 unspecified atom stereocenters. The first-order chi connectivity index (χ1) is 10.9. The van der Waals surface area contributed by atoms with Crippen LogP contribution in [0.5, 0.6) is 0 Å². The van der Waals surface area contributed by atoms with Gasteiger partial charge in [0.2, 0.25) is 0 Å². The van der Waals surface area contributed by atoms with Gasteiger partial charge in [-0.1, -0.05) is 24.3 Å². The van der Waals surface area contributed by atoms with Gasteiger partial charge in [-0.05, 0) is 36.8 Å². The fourth-order valence-corrected chi connectivity index (χ4v) is 3.56. The van der Waals surface area contributed by atoms with E-state index in [0.29, 0.717) is 0 Å². The van der Waals surface area contributed by atoms with E-state index >= 15 is 0 Å². The number of pyridine rings is 1. The molecular weight excluding hydrogens is 290 g/mol. The first-order valence-corrected chi connectivity index (χ1v) is 8.53. The minimum Gasteiger partial charge on any atom is -0.265 e. The Morgan fingerprint density at radius 1 is 0.955 bits per heavy atom. The van der Waals surface area contributed by atoms with E-state index < -0.39 is 0 Å². The van der Waals surface area contributed by atoms with E-state index in [1.807, 2.05) is 12.1 Å². The second kappa shape index (κ2) is 5.54. The third-order valence-corrected chi connectivity index (χ3v) is 4.74. The fourth-order valence-electron chi connectivity index (χ4n) is 2.94. The number of hydrogen-bond donors (Lipinski definition) is 0. The van der Waals surface area contributed by atoms with Crippen molar-refractivity contribution < 1.29 is 0 Å². The summed E-state index contributed by atoms with van der Waals surface area (Å²) in [4.78, 5) is 13.7. The maximum absolute atomic E-state index is 4.88. The highest BCUT2D eigenvalue weighted by Gasteiger charge is 2.22. The summed E-state index contributed by atoms with van der Waals surface area (Å²) in [6.45, 7) is 0. The van der Waals surface area contributed by atoms with Crippen molar-refractivity contribution >= 4 is 11.8 Å². The summed E-state index contributed by atoms with van der Waals surface area (Å²) < 4.78 is 0. The molecule has 0 saturated heterocycles. The zero-order valence-corrected chi connectivity index (χ0v) is 13.1. The van der Waals surface area contributed by atoms with Crippen LogP contribution in [0.1, 0.15) is 11.1 Å². The first-order valence-electron chi connectivity index (χ1n) is 7.30. The SMILES string of the molecule is CSc1nc(-c2ccncc2)nc2c1CCc1ccccc1-2. The van der Waals surface area contributed by atoms with E-state index in [9.17, 15) is 0 Å². The first kappa shape index (κ1) is 13.5. The van der Waals surface area contributed by atoms with Crippen molar-refractivity contribution in [2.24, 2.45) is 0 Å². The van der Waals surface area contributed by atoms with E-state index in [1.54, 1.807) is 24.2 Å². The number of rotatable bonds is 2. The number of benzene rings is 1. The molecule has 1 aliphatic rings. The Labute approximate surface area is 133 Å². The number of hydrogen-bond acceptors (Lipinski definition) is 4. The van der Waals surface area contributed by atoms with Crippen LogP contribution >= 0.6 is 11.8 Å². The van der Waals surface area contributed by atoms with Gasteiger partial charge in [0.1, 0.15) is 5.03 Å². The zero-order chi connectivity index (χ0) is 14.9. The van der Waals surface area contributed by atoms with Crippen molar-refractivity contribution in [3.05, 3.63) is 59.9 Å². The van der Waals surface area contributed by atoms with Gasteiger partial charge < -0.3 is 0 Å². The standard InChI is InChI=1S/C18H15N3S/c1-22-18-15-7-6-12-4-2-3-5-14(12)16(15)20-17(21-18)13-8-10-19-11-9-13/h2-5,8-11H,6-7H2,1H3. The summed E-state index contributed by atoms with van der Waals surface area (Å²) in [7, 11) is 0. The van der Waals surface area contributed by atoms with Crippen LogP contribution in [0.3, 0.4) is 0 Å². The van der Waals surface area contributed by atoms with E-state index in [2.05, 4.69) is 35.5 Å². The van der Waals surface area contributed by atoms with E-state index in [1.165, 1.54) is 16.7 Å². The molecule has 0 bridgehead atoms. The maximum atomic E-state index is 4.88. The van der Waals surface area contributed by atoms with Crippen LogP contribution in [0.15, 0.2) is 53.8 Å². The summed E-state index contributed by atoms with van der Waals surface area (Å²) in [5, 5.41) is 1.09. The molecule has 2 aromatic heterocycles.